The van der Waals surface area contributed by atoms with Gasteiger partial charge >= 0.3 is 6.01 Å². The quantitative estimate of drug-likeness (QED) is 0.613. The highest BCUT2D eigenvalue weighted by molar-refractivity contribution is 6.05. The van der Waals surface area contributed by atoms with Crippen LogP contribution in [0.15, 0.2) is 47.0 Å². The predicted octanol–water partition coefficient (Wildman–Crippen LogP) is 4.58. The van der Waals surface area contributed by atoms with Gasteiger partial charge in [0.2, 0.25) is 0 Å². The number of rotatable bonds is 6. The van der Waals surface area contributed by atoms with E-state index >= 15 is 4.39 Å². The van der Waals surface area contributed by atoms with Crippen LogP contribution >= 0.6 is 0 Å². The molecular formula is C26H28F2N6O. The summed E-state index contributed by atoms with van der Waals surface area (Å²) in [4.78, 5) is 17.8. The van der Waals surface area contributed by atoms with Gasteiger partial charge in [-0.3, -0.25) is 9.89 Å². The molecule has 9 heteroatoms. The van der Waals surface area contributed by atoms with Gasteiger partial charge in [-0.15, -0.1) is 6.58 Å². The van der Waals surface area contributed by atoms with Gasteiger partial charge in [0.1, 0.15) is 23.3 Å². The lowest BCUT2D eigenvalue weighted by atomic mass is 10.1. The van der Waals surface area contributed by atoms with E-state index in [0.29, 0.717) is 36.0 Å². The summed E-state index contributed by atoms with van der Waals surface area (Å²) in [7, 11) is 0. The molecule has 3 aliphatic rings. The smallest absolute Gasteiger partial charge is 0.326 e. The van der Waals surface area contributed by atoms with E-state index in [9.17, 15) is 4.39 Å². The van der Waals surface area contributed by atoms with E-state index in [2.05, 4.69) is 36.7 Å². The van der Waals surface area contributed by atoms with Crippen LogP contribution in [-0.2, 0) is 6.42 Å². The molecule has 1 N–H and O–H groups in total. The molecule has 1 aromatic carbocycles. The summed E-state index contributed by atoms with van der Waals surface area (Å²) in [6.45, 7) is 12.4. The summed E-state index contributed by atoms with van der Waals surface area (Å²) in [5.74, 6) is 0.454. The zero-order chi connectivity index (χ0) is 24.5. The molecule has 5 rings (SSSR count). The molecule has 3 heterocycles. The maximum atomic E-state index is 15.2. The molecule has 0 saturated carbocycles. The van der Waals surface area contributed by atoms with Gasteiger partial charge in [0.15, 0.2) is 11.6 Å². The second-order valence-electron chi connectivity index (χ2n) is 9.12. The van der Waals surface area contributed by atoms with E-state index in [4.69, 9.17) is 4.74 Å². The van der Waals surface area contributed by atoms with E-state index < -0.39 is 11.6 Å². The second kappa shape index (κ2) is 9.58. The Morgan fingerprint density at radius 1 is 1.09 bits per heavy atom. The van der Waals surface area contributed by atoms with Crippen molar-refractivity contribution in [3.63, 3.8) is 0 Å². The van der Waals surface area contributed by atoms with E-state index in [1.54, 1.807) is 6.08 Å². The monoisotopic (exact) mass is 478 g/mol. The van der Waals surface area contributed by atoms with Crippen molar-refractivity contribution < 1.29 is 13.5 Å². The molecule has 182 valence electrons. The SMILES string of the molecule is C=CCN1CCN(c2cc(NC3=NCC(C)=C3)nc(Oc3cc(F)c4c(c3F)C=C(C)C4)n2)CC1. The average Bonchev–Trinajstić information content (AvgIpc) is 3.43. The summed E-state index contributed by atoms with van der Waals surface area (Å²) in [6, 6.07) is 2.84. The van der Waals surface area contributed by atoms with Crippen molar-refractivity contribution >= 4 is 23.5 Å². The zero-order valence-corrected chi connectivity index (χ0v) is 19.9. The molecule has 0 radical (unpaired) electrons. The topological polar surface area (TPSA) is 65.9 Å². The first-order valence-corrected chi connectivity index (χ1v) is 11.7. The largest absolute Gasteiger partial charge is 0.421 e. The number of aromatic nitrogens is 2. The predicted molar refractivity (Wildman–Crippen MR) is 134 cm³/mol. The van der Waals surface area contributed by atoms with Crippen molar-refractivity contribution in [2.24, 2.45) is 4.99 Å². The number of anilines is 2. The van der Waals surface area contributed by atoms with Crippen LogP contribution in [0.3, 0.4) is 0 Å². The Hall–Kier alpha value is -3.59. The Bertz CT molecular complexity index is 1260. The van der Waals surface area contributed by atoms with Crippen molar-refractivity contribution in [2.75, 3.05) is 49.5 Å². The number of nitrogens with zero attached hydrogens (tertiary/aromatic N) is 5. The molecule has 1 aliphatic carbocycles. The van der Waals surface area contributed by atoms with Gasteiger partial charge in [0, 0.05) is 56.0 Å². The van der Waals surface area contributed by atoms with Crippen molar-refractivity contribution in [1.29, 1.82) is 0 Å². The van der Waals surface area contributed by atoms with E-state index in [1.165, 1.54) is 0 Å². The van der Waals surface area contributed by atoms with Gasteiger partial charge < -0.3 is 15.0 Å². The van der Waals surface area contributed by atoms with Crippen LogP contribution in [0.4, 0.5) is 20.4 Å². The maximum Gasteiger partial charge on any atom is 0.326 e. The second-order valence-corrected chi connectivity index (χ2v) is 9.12. The number of ether oxygens (including phenoxy) is 1. The molecule has 0 amide bonds. The molecule has 2 aliphatic heterocycles. The lowest BCUT2D eigenvalue weighted by molar-refractivity contribution is 0.283. The zero-order valence-electron chi connectivity index (χ0n) is 19.9. The third-order valence-electron chi connectivity index (χ3n) is 6.29. The van der Waals surface area contributed by atoms with Crippen LogP contribution in [0.5, 0.6) is 11.8 Å². The fraction of sp³-hybridized carbons (Fsp3) is 0.346. The molecule has 0 unspecified atom stereocenters. The number of hydrogen-bond acceptors (Lipinski definition) is 7. The fourth-order valence-electron chi connectivity index (χ4n) is 4.51. The van der Waals surface area contributed by atoms with Crippen molar-refractivity contribution in [1.82, 2.24) is 14.9 Å². The molecule has 1 aromatic heterocycles. The first kappa shape index (κ1) is 23.2. The van der Waals surface area contributed by atoms with Crippen molar-refractivity contribution in [3.8, 4) is 11.8 Å². The van der Waals surface area contributed by atoms with Crippen LogP contribution in [0, 0.1) is 11.6 Å². The Kier molecular flexibility index (Phi) is 6.34. The summed E-state index contributed by atoms with van der Waals surface area (Å²) in [5.41, 5.74) is 2.61. The highest BCUT2D eigenvalue weighted by Crippen LogP contribution is 2.36. The van der Waals surface area contributed by atoms with Crippen LogP contribution in [0.1, 0.15) is 25.0 Å². The number of allylic oxidation sites excluding steroid dienone is 1. The lowest BCUT2D eigenvalue weighted by Gasteiger charge is -2.34. The van der Waals surface area contributed by atoms with E-state index in [0.717, 1.165) is 49.9 Å². The van der Waals surface area contributed by atoms with Gasteiger partial charge in [-0.25, -0.2) is 8.78 Å². The van der Waals surface area contributed by atoms with Gasteiger partial charge in [0.05, 0.1) is 6.54 Å². The molecule has 7 nitrogen and oxygen atoms in total. The van der Waals surface area contributed by atoms with Crippen LogP contribution < -0.4 is 15.0 Å². The third-order valence-corrected chi connectivity index (χ3v) is 6.29. The Morgan fingerprint density at radius 2 is 1.89 bits per heavy atom. The van der Waals surface area contributed by atoms with Crippen LogP contribution in [0.25, 0.3) is 6.08 Å². The number of hydrogen-bond donors (Lipinski definition) is 1. The molecule has 0 bridgehead atoms. The van der Waals surface area contributed by atoms with E-state index in [1.807, 2.05) is 32.1 Å². The molecule has 2 aromatic rings. The minimum atomic E-state index is -0.612. The first-order valence-electron chi connectivity index (χ1n) is 11.7. The molecule has 35 heavy (non-hydrogen) atoms. The Balaban J connectivity index is 1.46. The Labute approximate surface area is 203 Å². The van der Waals surface area contributed by atoms with E-state index in [-0.39, 0.29) is 17.3 Å². The highest BCUT2D eigenvalue weighted by Gasteiger charge is 2.24. The maximum absolute atomic E-state index is 15.2. The third kappa shape index (κ3) is 4.95. The minimum Gasteiger partial charge on any atom is -0.421 e. The lowest BCUT2D eigenvalue weighted by Crippen LogP contribution is -2.46. The first-order chi connectivity index (χ1) is 16.9. The van der Waals surface area contributed by atoms with Crippen LogP contribution in [0.2, 0.25) is 0 Å². The number of nitrogens with one attached hydrogen (secondary N) is 1. The number of halogens is 2. The Morgan fingerprint density at radius 3 is 2.60 bits per heavy atom. The summed E-state index contributed by atoms with van der Waals surface area (Å²) in [6.07, 6.45) is 5.89. The minimum absolute atomic E-state index is 0.0604. The normalized spacial score (nSPS) is 17.6. The number of aliphatic imine (C=N–C) groups is 1. The van der Waals surface area contributed by atoms with Gasteiger partial charge in [0.25, 0.3) is 0 Å². The van der Waals surface area contributed by atoms with Gasteiger partial charge in [-0.2, -0.15) is 9.97 Å². The van der Waals surface area contributed by atoms with Gasteiger partial charge in [-0.1, -0.05) is 17.7 Å². The number of fused-ring (bicyclic) bond motifs is 1. The molecule has 0 atom stereocenters. The summed E-state index contributed by atoms with van der Waals surface area (Å²) in [5, 5.41) is 3.19. The highest BCUT2D eigenvalue weighted by atomic mass is 19.1. The fourth-order valence-corrected chi connectivity index (χ4v) is 4.51. The van der Waals surface area contributed by atoms with Crippen molar-refractivity contribution in [2.45, 2.75) is 20.3 Å². The number of benzene rings is 1. The number of piperazine rings is 1. The molecular weight excluding hydrogens is 450 g/mol. The summed E-state index contributed by atoms with van der Waals surface area (Å²) >= 11 is 0. The number of amidine groups is 1. The van der Waals surface area contributed by atoms with Gasteiger partial charge in [-0.05, 0) is 31.9 Å². The molecule has 1 fully saturated rings. The molecule has 0 spiro atoms. The standard InChI is InChI=1S/C26H28F2N6O/c1-4-5-33-6-8-34(9-7-33)24-14-23(30-22-12-17(3)15-29-22)31-26(32-24)35-21-13-20(27)18-10-16(2)11-19(18)25(21)28/h4,11-14H,1,5-10,15H2,2-3H3,(H,29,30,31,32). The average molecular weight is 479 g/mol. The van der Waals surface area contributed by atoms with Crippen molar-refractivity contribution in [3.05, 3.63) is 64.8 Å². The summed E-state index contributed by atoms with van der Waals surface area (Å²) < 4.78 is 35.6. The van der Waals surface area contributed by atoms with Crippen LogP contribution in [-0.4, -0.2) is 60.0 Å². The molecule has 1 saturated heterocycles.